The molecule has 8 nitrogen and oxygen atoms in total. The number of hydrogen-bond acceptors (Lipinski definition) is 6. The number of carbonyl (C=O) groups excluding carboxylic acids is 1. The first kappa shape index (κ1) is 25.1. The monoisotopic (exact) mass is 520 g/mol. The van der Waals surface area contributed by atoms with E-state index < -0.39 is 17.6 Å². The van der Waals surface area contributed by atoms with Crippen LogP contribution < -0.4 is 10.1 Å². The summed E-state index contributed by atoms with van der Waals surface area (Å²) in [4.78, 5) is 27.1. The van der Waals surface area contributed by atoms with Gasteiger partial charge in [0.2, 0.25) is 11.8 Å². The Labute approximate surface area is 216 Å². The van der Waals surface area contributed by atoms with Crippen molar-refractivity contribution in [2.45, 2.75) is 25.4 Å². The number of alkyl halides is 3. The van der Waals surface area contributed by atoms with Crippen LogP contribution in [0.3, 0.4) is 0 Å². The summed E-state index contributed by atoms with van der Waals surface area (Å²) in [6, 6.07) is 10.6. The standard InChI is InChI=1S/C27H23F3N6O2/c1-3-5-22(37)35-15-12-18(16-35)23-21-11-14-33-26(31-2)36(21)24(34-23)17-7-9-19(10-8-17)38-25-20(27(28,29)30)6-4-13-32-25/h4,6-11,13-14,18H,12,15-16H2,1-2H3,(H,31,33). The summed E-state index contributed by atoms with van der Waals surface area (Å²) in [6.45, 7) is 2.74. The molecule has 38 heavy (non-hydrogen) atoms. The van der Waals surface area contributed by atoms with E-state index in [1.807, 2.05) is 10.5 Å². The lowest BCUT2D eigenvalue weighted by Crippen LogP contribution is -2.26. The molecule has 11 heteroatoms. The molecule has 1 atom stereocenters. The van der Waals surface area contributed by atoms with Gasteiger partial charge in [0.05, 0.1) is 11.2 Å². The number of likely N-dealkylation sites (tertiary alicyclic amines) is 1. The zero-order chi connectivity index (χ0) is 26.9. The topological polar surface area (TPSA) is 84.7 Å². The molecule has 0 saturated carbocycles. The van der Waals surface area contributed by atoms with Crippen LogP contribution >= 0.6 is 0 Å². The molecule has 1 aromatic carbocycles. The lowest BCUT2D eigenvalue weighted by atomic mass is 10.0. The molecule has 5 rings (SSSR count). The minimum atomic E-state index is -4.59. The lowest BCUT2D eigenvalue weighted by molar-refractivity contribution is -0.138. The fraction of sp³-hybridized carbons (Fsp3) is 0.259. The van der Waals surface area contributed by atoms with Crippen LogP contribution in [0, 0.1) is 11.8 Å². The highest BCUT2D eigenvalue weighted by molar-refractivity contribution is 5.93. The molecule has 1 aliphatic rings. The molecule has 1 fully saturated rings. The van der Waals surface area contributed by atoms with E-state index in [0.717, 1.165) is 23.7 Å². The number of amides is 1. The molecule has 1 saturated heterocycles. The number of imidazole rings is 1. The molecule has 194 valence electrons. The number of carbonyl (C=O) groups is 1. The largest absolute Gasteiger partial charge is 0.438 e. The number of nitrogens with one attached hydrogen (secondary N) is 1. The first-order chi connectivity index (χ1) is 18.3. The van der Waals surface area contributed by atoms with E-state index in [9.17, 15) is 18.0 Å². The van der Waals surface area contributed by atoms with Gasteiger partial charge in [0.1, 0.15) is 17.1 Å². The third kappa shape index (κ3) is 4.72. The molecular weight excluding hydrogens is 497 g/mol. The number of fused-ring (bicyclic) bond motifs is 1. The zero-order valence-electron chi connectivity index (χ0n) is 20.6. The van der Waals surface area contributed by atoms with Crippen molar-refractivity contribution in [3.8, 4) is 34.9 Å². The summed E-state index contributed by atoms with van der Waals surface area (Å²) in [6.07, 6.45) is -0.901. The van der Waals surface area contributed by atoms with Gasteiger partial charge in [0.15, 0.2) is 0 Å². The predicted octanol–water partition coefficient (Wildman–Crippen LogP) is 4.98. The predicted molar refractivity (Wildman–Crippen MR) is 135 cm³/mol. The van der Waals surface area contributed by atoms with Gasteiger partial charge >= 0.3 is 6.18 Å². The number of pyridine rings is 1. The van der Waals surface area contributed by atoms with Crippen molar-refractivity contribution in [1.82, 2.24) is 24.3 Å². The Morgan fingerprint density at radius 2 is 1.92 bits per heavy atom. The zero-order valence-corrected chi connectivity index (χ0v) is 20.6. The van der Waals surface area contributed by atoms with Crippen molar-refractivity contribution in [3.63, 3.8) is 0 Å². The molecule has 4 aromatic rings. The Morgan fingerprint density at radius 3 is 2.63 bits per heavy atom. The Hall–Kier alpha value is -4.59. The summed E-state index contributed by atoms with van der Waals surface area (Å²) in [5, 5.41) is 3.08. The van der Waals surface area contributed by atoms with E-state index in [-0.39, 0.29) is 17.6 Å². The summed E-state index contributed by atoms with van der Waals surface area (Å²) in [5.74, 6) is 5.92. The minimum absolute atomic E-state index is 0.0148. The maximum atomic E-state index is 13.3. The quantitative estimate of drug-likeness (QED) is 0.374. The molecule has 3 aromatic heterocycles. The highest BCUT2D eigenvalue weighted by atomic mass is 19.4. The van der Waals surface area contributed by atoms with Gasteiger partial charge in [-0.25, -0.2) is 15.0 Å². The molecule has 0 spiro atoms. The van der Waals surface area contributed by atoms with E-state index >= 15 is 0 Å². The molecule has 0 radical (unpaired) electrons. The first-order valence-corrected chi connectivity index (χ1v) is 11.9. The van der Waals surface area contributed by atoms with Gasteiger partial charge in [-0.05, 0) is 61.7 Å². The second kappa shape index (κ2) is 10.0. The number of aromatic nitrogens is 4. The van der Waals surface area contributed by atoms with E-state index in [4.69, 9.17) is 9.72 Å². The summed E-state index contributed by atoms with van der Waals surface area (Å²) < 4.78 is 47.3. The van der Waals surface area contributed by atoms with Crippen molar-refractivity contribution in [3.05, 3.63) is 66.1 Å². The Kier molecular flexibility index (Phi) is 6.63. The molecule has 1 unspecified atom stereocenters. The van der Waals surface area contributed by atoms with Crippen molar-refractivity contribution in [1.29, 1.82) is 0 Å². The van der Waals surface area contributed by atoms with Gasteiger partial charge in [0, 0.05) is 44.0 Å². The molecular formula is C27H23F3N6O2. The number of rotatable bonds is 5. The van der Waals surface area contributed by atoms with Crippen LogP contribution in [0.4, 0.5) is 19.1 Å². The third-order valence-electron chi connectivity index (χ3n) is 6.30. The normalized spacial score (nSPS) is 15.3. The Balaban J connectivity index is 1.49. The molecule has 0 bridgehead atoms. The van der Waals surface area contributed by atoms with Crippen LogP contribution in [0.1, 0.15) is 30.5 Å². The number of anilines is 1. The number of hydrogen-bond donors (Lipinski definition) is 1. The van der Waals surface area contributed by atoms with Crippen LogP contribution in [-0.2, 0) is 11.0 Å². The SMILES string of the molecule is CC#CC(=O)N1CCC(c2nc(-c3ccc(Oc4ncccc4C(F)(F)F)cc3)n3c(NC)nccc23)C1. The van der Waals surface area contributed by atoms with Gasteiger partial charge in [-0.15, -0.1) is 0 Å². The fourth-order valence-corrected chi connectivity index (χ4v) is 4.56. The first-order valence-electron chi connectivity index (χ1n) is 11.9. The van der Waals surface area contributed by atoms with Crippen LogP contribution in [-0.4, -0.2) is 50.3 Å². The fourth-order valence-electron chi connectivity index (χ4n) is 4.56. The second-order valence-electron chi connectivity index (χ2n) is 8.65. The number of halogens is 3. The van der Waals surface area contributed by atoms with Gasteiger partial charge in [-0.1, -0.05) is 5.92 Å². The van der Waals surface area contributed by atoms with Crippen LogP contribution in [0.5, 0.6) is 11.6 Å². The van der Waals surface area contributed by atoms with Crippen molar-refractivity contribution >= 4 is 17.4 Å². The highest BCUT2D eigenvalue weighted by Crippen LogP contribution is 2.38. The smallest absolute Gasteiger partial charge is 0.421 e. The van der Waals surface area contributed by atoms with E-state index in [0.29, 0.717) is 30.4 Å². The highest BCUT2D eigenvalue weighted by Gasteiger charge is 2.35. The number of benzene rings is 1. The molecule has 1 amide bonds. The van der Waals surface area contributed by atoms with E-state index in [1.54, 1.807) is 49.3 Å². The second-order valence-corrected chi connectivity index (χ2v) is 8.65. The average molecular weight is 521 g/mol. The maximum absolute atomic E-state index is 13.3. The molecule has 0 aliphatic carbocycles. The molecule has 4 heterocycles. The maximum Gasteiger partial charge on any atom is 0.421 e. The van der Waals surface area contributed by atoms with Crippen molar-refractivity contribution < 1.29 is 22.7 Å². The summed E-state index contributed by atoms with van der Waals surface area (Å²) in [7, 11) is 1.76. The van der Waals surface area contributed by atoms with E-state index in [2.05, 4.69) is 27.1 Å². The van der Waals surface area contributed by atoms with Gasteiger partial charge in [-0.2, -0.15) is 13.2 Å². The number of ether oxygens (including phenoxy) is 1. The average Bonchev–Trinajstić information content (AvgIpc) is 3.54. The number of nitrogens with zero attached hydrogens (tertiary/aromatic N) is 5. The minimum Gasteiger partial charge on any atom is -0.438 e. The van der Waals surface area contributed by atoms with Crippen LogP contribution in [0.2, 0.25) is 0 Å². The summed E-state index contributed by atoms with van der Waals surface area (Å²) in [5.41, 5.74) is 1.45. The summed E-state index contributed by atoms with van der Waals surface area (Å²) >= 11 is 0. The van der Waals surface area contributed by atoms with Crippen molar-refractivity contribution in [2.75, 3.05) is 25.5 Å². The lowest BCUT2D eigenvalue weighted by Gasteiger charge is -2.12. The molecule has 1 N–H and O–H groups in total. The van der Waals surface area contributed by atoms with Crippen LogP contribution in [0.25, 0.3) is 16.9 Å². The molecule has 1 aliphatic heterocycles. The van der Waals surface area contributed by atoms with E-state index in [1.165, 1.54) is 12.3 Å². The third-order valence-corrected chi connectivity index (χ3v) is 6.30. The van der Waals surface area contributed by atoms with Gasteiger partial charge < -0.3 is 15.0 Å². The van der Waals surface area contributed by atoms with Gasteiger partial charge in [-0.3, -0.25) is 9.20 Å². The Morgan fingerprint density at radius 1 is 1.13 bits per heavy atom. The van der Waals surface area contributed by atoms with Crippen LogP contribution in [0.15, 0.2) is 54.9 Å². The van der Waals surface area contributed by atoms with Crippen molar-refractivity contribution in [2.24, 2.45) is 0 Å². The van der Waals surface area contributed by atoms with Gasteiger partial charge in [0.25, 0.3) is 5.91 Å². The Bertz CT molecular complexity index is 1550.